The van der Waals surface area contributed by atoms with E-state index in [1.165, 1.54) is 20.8 Å². The van der Waals surface area contributed by atoms with Crippen LogP contribution in [-0.4, -0.2) is 36.2 Å². The molecular weight excluding hydrogens is 348 g/mol. The van der Waals surface area contributed by atoms with E-state index in [1.54, 1.807) is 0 Å². The van der Waals surface area contributed by atoms with Gasteiger partial charge in [0.2, 0.25) is 0 Å². The molecule has 0 unspecified atom stereocenters. The lowest BCUT2D eigenvalue weighted by Crippen LogP contribution is -2.56. The molecule has 0 heterocycles. The largest absolute Gasteiger partial charge is 0.458 e. The van der Waals surface area contributed by atoms with Gasteiger partial charge in [0.05, 0.1) is 0 Å². The van der Waals surface area contributed by atoms with E-state index in [-0.39, 0.29) is 11.8 Å². The summed E-state index contributed by atoms with van der Waals surface area (Å²) in [5.41, 5.74) is 0.268. The minimum Gasteiger partial charge on any atom is -0.458 e. The van der Waals surface area contributed by atoms with Gasteiger partial charge in [0.1, 0.15) is 12.2 Å². The first-order valence-corrected chi connectivity index (χ1v) is 9.59. The van der Waals surface area contributed by atoms with Gasteiger partial charge in [0.15, 0.2) is 6.10 Å². The molecule has 3 fully saturated rings. The highest BCUT2D eigenvalue weighted by atomic mass is 16.6. The highest BCUT2D eigenvalue weighted by Gasteiger charge is 2.71. The molecule has 0 aromatic carbocycles. The maximum absolute atomic E-state index is 12.0. The van der Waals surface area contributed by atoms with Crippen LogP contribution in [0.4, 0.5) is 0 Å². The van der Waals surface area contributed by atoms with E-state index in [0.29, 0.717) is 5.92 Å². The normalized spacial score (nSPS) is 41.6. The van der Waals surface area contributed by atoms with Crippen molar-refractivity contribution in [3.05, 3.63) is 12.2 Å². The Labute approximate surface area is 160 Å². The quantitative estimate of drug-likeness (QED) is 0.427. The molecular formula is C21H30O6. The van der Waals surface area contributed by atoms with Crippen molar-refractivity contribution in [2.24, 2.45) is 28.6 Å². The summed E-state index contributed by atoms with van der Waals surface area (Å²) < 4.78 is 17.2. The Morgan fingerprint density at radius 3 is 1.96 bits per heavy atom. The summed E-state index contributed by atoms with van der Waals surface area (Å²) in [6.45, 7) is 14.5. The summed E-state index contributed by atoms with van der Waals surface area (Å²) in [4.78, 5) is 35.8. The first-order valence-electron chi connectivity index (χ1n) is 9.59. The summed E-state index contributed by atoms with van der Waals surface area (Å²) in [5, 5.41) is 0. The number of hydrogen-bond donors (Lipinski definition) is 0. The van der Waals surface area contributed by atoms with Gasteiger partial charge in [-0.25, -0.2) is 0 Å². The summed E-state index contributed by atoms with van der Waals surface area (Å²) in [7, 11) is 0. The van der Waals surface area contributed by atoms with E-state index in [4.69, 9.17) is 14.2 Å². The van der Waals surface area contributed by atoms with Crippen LogP contribution in [0, 0.1) is 28.6 Å². The van der Waals surface area contributed by atoms with Crippen molar-refractivity contribution in [1.29, 1.82) is 0 Å². The maximum atomic E-state index is 12.0. The topological polar surface area (TPSA) is 78.9 Å². The Morgan fingerprint density at radius 1 is 0.926 bits per heavy atom. The molecule has 0 aromatic rings. The number of carbonyl (C=O) groups is 3. The molecule has 3 aliphatic carbocycles. The lowest BCUT2D eigenvalue weighted by molar-refractivity contribution is -0.206. The van der Waals surface area contributed by atoms with Crippen molar-refractivity contribution in [3.8, 4) is 0 Å². The van der Waals surface area contributed by atoms with Gasteiger partial charge in [-0.15, -0.1) is 0 Å². The summed E-state index contributed by atoms with van der Waals surface area (Å²) in [6, 6.07) is 0. The van der Waals surface area contributed by atoms with E-state index in [1.807, 2.05) is 0 Å². The molecule has 3 rings (SSSR count). The summed E-state index contributed by atoms with van der Waals surface area (Å²) in [5.74, 6) is -0.642. The van der Waals surface area contributed by atoms with Crippen LogP contribution in [0.1, 0.15) is 54.4 Å². The molecule has 3 aliphatic rings. The van der Waals surface area contributed by atoms with E-state index in [9.17, 15) is 14.4 Å². The van der Waals surface area contributed by atoms with Crippen molar-refractivity contribution >= 4 is 17.9 Å². The van der Waals surface area contributed by atoms with E-state index in [2.05, 4.69) is 27.4 Å². The van der Waals surface area contributed by atoms with Crippen molar-refractivity contribution in [3.63, 3.8) is 0 Å². The Balaban J connectivity index is 2.19. The van der Waals surface area contributed by atoms with Crippen LogP contribution in [-0.2, 0) is 28.6 Å². The molecule has 3 saturated carbocycles. The van der Waals surface area contributed by atoms with Crippen LogP contribution >= 0.6 is 0 Å². The van der Waals surface area contributed by atoms with E-state index < -0.39 is 47.0 Å². The molecule has 7 atom stereocenters. The first kappa shape index (κ1) is 19.9. The van der Waals surface area contributed by atoms with Gasteiger partial charge in [-0.2, -0.15) is 0 Å². The number of allylic oxidation sites excluding steroid dienone is 1. The molecule has 0 saturated heterocycles. The molecule has 27 heavy (non-hydrogen) atoms. The van der Waals surface area contributed by atoms with Gasteiger partial charge < -0.3 is 14.2 Å². The van der Waals surface area contributed by atoms with Crippen LogP contribution < -0.4 is 0 Å². The molecule has 0 aliphatic heterocycles. The predicted octanol–water partition coefficient (Wildman–Crippen LogP) is 3.04. The first-order chi connectivity index (χ1) is 12.4. The summed E-state index contributed by atoms with van der Waals surface area (Å²) in [6.07, 6.45) is -0.445. The second-order valence-electron chi connectivity index (χ2n) is 9.29. The SMILES string of the molecule is C=C1C[C@H]2C[C@]3(C)[C@H](OC(C)=O)[C@H](OC(C)=O)[C@@H](OC(C)=O)C(C)(C)[C@H]2[C@H]13. The summed E-state index contributed by atoms with van der Waals surface area (Å²) >= 11 is 0. The van der Waals surface area contributed by atoms with Gasteiger partial charge in [-0.3, -0.25) is 14.4 Å². The van der Waals surface area contributed by atoms with Crippen LogP contribution in [0.2, 0.25) is 0 Å². The zero-order chi connectivity index (χ0) is 20.3. The van der Waals surface area contributed by atoms with Crippen LogP contribution in [0.15, 0.2) is 12.2 Å². The molecule has 150 valence electrons. The van der Waals surface area contributed by atoms with Gasteiger partial charge >= 0.3 is 17.9 Å². The van der Waals surface area contributed by atoms with Crippen molar-refractivity contribution in [1.82, 2.24) is 0 Å². The van der Waals surface area contributed by atoms with Gasteiger partial charge in [-0.05, 0) is 30.6 Å². The Bertz CT molecular complexity index is 695. The van der Waals surface area contributed by atoms with E-state index in [0.717, 1.165) is 18.4 Å². The highest BCUT2D eigenvalue weighted by molar-refractivity contribution is 5.68. The zero-order valence-corrected chi connectivity index (χ0v) is 17.0. The van der Waals surface area contributed by atoms with Crippen molar-refractivity contribution < 1.29 is 28.6 Å². The average molecular weight is 378 g/mol. The van der Waals surface area contributed by atoms with Crippen LogP contribution in [0.5, 0.6) is 0 Å². The van der Waals surface area contributed by atoms with Crippen LogP contribution in [0.25, 0.3) is 0 Å². The fourth-order valence-electron chi connectivity index (χ4n) is 6.46. The minimum absolute atomic E-state index is 0.125. The Kier molecular flexibility index (Phi) is 4.68. The number of ether oxygens (including phenoxy) is 3. The molecule has 0 N–H and O–H groups in total. The Morgan fingerprint density at radius 2 is 1.44 bits per heavy atom. The molecule has 0 aromatic heterocycles. The maximum Gasteiger partial charge on any atom is 0.303 e. The highest BCUT2D eigenvalue weighted by Crippen LogP contribution is 2.70. The molecule has 6 nitrogen and oxygen atoms in total. The van der Waals surface area contributed by atoms with Crippen molar-refractivity contribution in [2.75, 3.05) is 0 Å². The van der Waals surface area contributed by atoms with Gasteiger partial charge in [0, 0.05) is 31.6 Å². The number of esters is 3. The zero-order valence-electron chi connectivity index (χ0n) is 17.0. The third-order valence-corrected chi connectivity index (χ3v) is 6.97. The number of hydrogen-bond acceptors (Lipinski definition) is 6. The third-order valence-electron chi connectivity index (χ3n) is 6.97. The number of rotatable bonds is 3. The third kappa shape index (κ3) is 2.97. The fraction of sp³-hybridized carbons (Fsp3) is 0.762. The molecule has 0 radical (unpaired) electrons. The average Bonchev–Trinajstić information content (AvgIpc) is 2.97. The molecule has 0 spiro atoms. The van der Waals surface area contributed by atoms with E-state index >= 15 is 0 Å². The van der Waals surface area contributed by atoms with Crippen LogP contribution in [0.3, 0.4) is 0 Å². The minimum atomic E-state index is -0.852. The van der Waals surface area contributed by atoms with Crippen molar-refractivity contribution in [2.45, 2.75) is 72.7 Å². The lowest BCUT2D eigenvalue weighted by Gasteiger charge is -2.46. The second kappa shape index (κ2) is 6.35. The predicted molar refractivity (Wildman–Crippen MR) is 97.4 cm³/mol. The lowest BCUT2D eigenvalue weighted by atomic mass is 9.67. The number of carbonyl (C=O) groups excluding carboxylic acids is 3. The molecule has 4 bridgehead atoms. The standard InChI is InChI=1S/C21H30O6/c1-10-8-14-9-21(7)15(10)16(14)20(5,6)18(26-12(3)23)17(25-11(2)22)19(21)27-13(4)24/h14-19H,1,8-9H2,2-7H3/t14-,15-,16+,17+,18+,19+,21-/m0/s1. The molecule has 0 amide bonds. The monoisotopic (exact) mass is 378 g/mol. The van der Waals surface area contributed by atoms with Gasteiger partial charge in [-0.1, -0.05) is 32.9 Å². The Hall–Kier alpha value is -1.85. The smallest absolute Gasteiger partial charge is 0.303 e. The fourth-order valence-corrected chi connectivity index (χ4v) is 6.46. The van der Waals surface area contributed by atoms with Gasteiger partial charge in [0.25, 0.3) is 0 Å². The second-order valence-corrected chi connectivity index (χ2v) is 9.29. The molecule has 6 heteroatoms.